The number of esters is 1. The van der Waals surface area contributed by atoms with Gasteiger partial charge in [0.05, 0.1) is 7.11 Å². The van der Waals surface area contributed by atoms with E-state index in [1.807, 2.05) is 13.8 Å². The quantitative estimate of drug-likeness (QED) is 0.619. The van der Waals surface area contributed by atoms with Crippen LogP contribution in [-0.2, 0) is 16.0 Å². The van der Waals surface area contributed by atoms with Crippen LogP contribution in [0.1, 0.15) is 30.0 Å². The van der Waals surface area contributed by atoms with Crippen molar-refractivity contribution in [3.05, 3.63) is 11.4 Å². The summed E-state index contributed by atoms with van der Waals surface area (Å²) in [6.07, 6.45) is 0.238. The average Bonchev–Trinajstić information content (AvgIpc) is 3.11. The fraction of sp³-hybridized carbons (Fsp3) is 0.615. The number of nitrogen functional groups attached to an aromatic ring is 1. The molecule has 11 heteroatoms. The van der Waals surface area contributed by atoms with Crippen molar-refractivity contribution < 1.29 is 23.8 Å². The summed E-state index contributed by atoms with van der Waals surface area (Å²) in [7, 11) is 1.29. The van der Waals surface area contributed by atoms with E-state index in [0.717, 1.165) is 13.1 Å². The number of ether oxygens (including phenoxy) is 2. The summed E-state index contributed by atoms with van der Waals surface area (Å²) in [5, 5.41) is 15.2. The Bertz CT molecular complexity index is 718. The van der Waals surface area contributed by atoms with Gasteiger partial charge in [0.2, 0.25) is 11.6 Å². The third-order valence-corrected chi connectivity index (χ3v) is 3.87. The maximum atomic E-state index is 12.0. The normalized spacial score (nSPS) is 24.0. The molecule has 11 nitrogen and oxygen atoms in total. The first kappa shape index (κ1) is 16.3. The fourth-order valence-corrected chi connectivity index (χ4v) is 2.99. The highest BCUT2D eigenvalue weighted by Crippen LogP contribution is 2.16. The zero-order chi connectivity index (χ0) is 17.3. The highest BCUT2D eigenvalue weighted by Gasteiger charge is 2.31. The first-order chi connectivity index (χ1) is 11.5. The number of hydrogen-bond acceptors (Lipinski definition) is 9. The highest BCUT2D eigenvalue weighted by atomic mass is 16.6. The molecular formula is C13H20N7O4+. The molecule has 0 aromatic carbocycles. The van der Waals surface area contributed by atoms with Crippen molar-refractivity contribution in [3.63, 3.8) is 0 Å². The Morgan fingerprint density at radius 2 is 2.08 bits per heavy atom. The van der Waals surface area contributed by atoms with Crippen LogP contribution in [0.3, 0.4) is 0 Å². The van der Waals surface area contributed by atoms with Crippen molar-refractivity contribution in [2.24, 2.45) is 0 Å². The molecule has 0 saturated carbocycles. The lowest BCUT2D eigenvalue weighted by Crippen LogP contribution is -3.14. The minimum absolute atomic E-state index is 0.0660. The van der Waals surface area contributed by atoms with Crippen molar-refractivity contribution in [1.82, 2.24) is 25.3 Å². The molecule has 1 aliphatic heterocycles. The third kappa shape index (κ3) is 3.08. The Balaban J connectivity index is 1.96. The van der Waals surface area contributed by atoms with E-state index in [9.17, 15) is 4.79 Å². The van der Waals surface area contributed by atoms with Gasteiger partial charge in [-0.15, -0.1) is 5.10 Å². The smallest absolute Gasteiger partial charge is 0.360 e. The van der Waals surface area contributed by atoms with E-state index in [2.05, 4.69) is 25.3 Å². The number of methoxy groups -OCH3 is 1. The molecule has 1 fully saturated rings. The number of hydrogen-bond donors (Lipinski definition) is 2. The zero-order valence-electron chi connectivity index (χ0n) is 13.7. The summed E-state index contributed by atoms with van der Waals surface area (Å²) in [6.45, 7) is 6.12. The topological polar surface area (TPSA) is 136 Å². The van der Waals surface area contributed by atoms with E-state index in [-0.39, 0.29) is 29.5 Å². The highest BCUT2D eigenvalue weighted by molar-refractivity contribution is 5.88. The SMILES string of the molecule is COC(=O)c1nnn(-c2nonc2N)c1C[NH+]1C[C@@H](C)O[C@H](C)C1. The van der Waals surface area contributed by atoms with Crippen LogP contribution in [0.2, 0.25) is 0 Å². The number of quaternary nitrogens is 1. The number of rotatable bonds is 4. The molecule has 0 bridgehead atoms. The first-order valence-corrected chi connectivity index (χ1v) is 7.60. The van der Waals surface area contributed by atoms with Crippen molar-refractivity contribution in [2.75, 3.05) is 25.9 Å². The lowest BCUT2D eigenvalue weighted by molar-refractivity contribution is -0.928. The lowest BCUT2D eigenvalue weighted by atomic mass is 10.2. The Labute approximate surface area is 137 Å². The summed E-state index contributed by atoms with van der Waals surface area (Å²) in [5.74, 6) is -0.308. The second kappa shape index (κ2) is 6.53. The molecule has 2 aromatic heterocycles. The van der Waals surface area contributed by atoms with Gasteiger partial charge in [0.25, 0.3) is 0 Å². The number of carbonyl (C=O) groups is 1. The van der Waals surface area contributed by atoms with E-state index in [1.54, 1.807) is 0 Å². The maximum Gasteiger partial charge on any atom is 0.360 e. The van der Waals surface area contributed by atoms with Crippen molar-refractivity contribution in [1.29, 1.82) is 0 Å². The van der Waals surface area contributed by atoms with E-state index in [1.165, 1.54) is 16.7 Å². The minimum atomic E-state index is -0.569. The molecule has 2 aromatic rings. The molecular weight excluding hydrogens is 318 g/mol. The molecule has 24 heavy (non-hydrogen) atoms. The number of nitrogens with one attached hydrogen (secondary N) is 1. The molecule has 0 amide bonds. The average molecular weight is 338 g/mol. The van der Waals surface area contributed by atoms with Gasteiger partial charge in [0.15, 0.2) is 5.69 Å². The van der Waals surface area contributed by atoms with Crippen LogP contribution in [0.5, 0.6) is 0 Å². The lowest BCUT2D eigenvalue weighted by Gasteiger charge is -2.32. The van der Waals surface area contributed by atoms with Crippen LogP contribution in [0.25, 0.3) is 5.82 Å². The summed E-state index contributed by atoms with van der Waals surface area (Å²) < 4.78 is 16.5. The van der Waals surface area contributed by atoms with Crippen LogP contribution in [0, 0.1) is 0 Å². The first-order valence-electron chi connectivity index (χ1n) is 7.60. The third-order valence-electron chi connectivity index (χ3n) is 3.87. The molecule has 3 rings (SSSR count). The molecule has 0 spiro atoms. The van der Waals surface area contributed by atoms with Crippen molar-refractivity contribution in [3.8, 4) is 5.82 Å². The molecule has 3 N–H and O–H groups in total. The predicted octanol–water partition coefficient (Wildman–Crippen LogP) is -1.79. The standard InChI is InChI=1S/C13H19N7O4/c1-7-4-19(5-8(2)23-7)6-9-10(13(21)22-3)15-18-20(9)12-11(14)16-24-17-12/h7-8H,4-6H2,1-3H3,(H2,14,16)/p+1/t7-,8-/m1/s1. The Morgan fingerprint density at radius 1 is 1.38 bits per heavy atom. The summed E-state index contributed by atoms with van der Waals surface area (Å²) in [4.78, 5) is 13.2. The molecule has 0 aliphatic carbocycles. The van der Waals surface area contributed by atoms with Gasteiger partial charge in [-0.3, -0.25) is 0 Å². The van der Waals surface area contributed by atoms with Gasteiger partial charge in [0, 0.05) is 0 Å². The van der Waals surface area contributed by atoms with E-state index in [0.29, 0.717) is 12.2 Å². The van der Waals surface area contributed by atoms with Crippen LogP contribution in [-0.4, -0.2) is 63.7 Å². The Hall–Kier alpha value is -2.53. The van der Waals surface area contributed by atoms with Gasteiger partial charge in [-0.05, 0) is 24.2 Å². The molecule has 130 valence electrons. The second-order valence-electron chi connectivity index (χ2n) is 5.85. The molecule has 1 saturated heterocycles. The molecule has 2 atom stereocenters. The molecule has 0 radical (unpaired) electrons. The van der Waals surface area contributed by atoms with Gasteiger partial charge >= 0.3 is 5.97 Å². The number of nitrogens with zero attached hydrogens (tertiary/aromatic N) is 5. The van der Waals surface area contributed by atoms with Crippen LogP contribution < -0.4 is 10.6 Å². The number of aromatic nitrogens is 5. The minimum Gasteiger partial charge on any atom is -0.464 e. The number of carbonyl (C=O) groups excluding carboxylic acids is 1. The Kier molecular flexibility index (Phi) is 4.44. The summed E-state index contributed by atoms with van der Waals surface area (Å²) in [5.41, 5.74) is 6.40. The van der Waals surface area contributed by atoms with Crippen LogP contribution >= 0.6 is 0 Å². The number of nitrogens with two attached hydrogens (primary N) is 1. The second-order valence-corrected chi connectivity index (χ2v) is 5.85. The summed E-state index contributed by atoms with van der Waals surface area (Å²) >= 11 is 0. The largest absolute Gasteiger partial charge is 0.464 e. The summed E-state index contributed by atoms with van der Waals surface area (Å²) in [6, 6.07) is 0. The van der Waals surface area contributed by atoms with Gasteiger partial charge in [0.1, 0.15) is 37.5 Å². The number of anilines is 1. The van der Waals surface area contributed by atoms with E-state index in [4.69, 9.17) is 15.2 Å². The predicted molar refractivity (Wildman–Crippen MR) is 79.4 cm³/mol. The Morgan fingerprint density at radius 3 is 2.67 bits per heavy atom. The van der Waals surface area contributed by atoms with Crippen LogP contribution in [0.4, 0.5) is 5.82 Å². The monoisotopic (exact) mass is 338 g/mol. The van der Waals surface area contributed by atoms with Crippen molar-refractivity contribution >= 4 is 11.8 Å². The van der Waals surface area contributed by atoms with Gasteiger partial charge in [-0.1, -0.05) is 5.21 Å². The number of morpholine rings is 1. The van der Waals surface area contributed by atoms with Gasteiger partial charge in [-0.25, -0.2) is 9.42 Å². The van der Waals surface area contributed by atoms with Gasteiger partial charge < -0.3 is 20.1 Å². The van der Waals surface area contributed by atoms with E-state index < -0.39 is 5.97 Å². The zero-order valence-corrected chi connectivity index (χ0v) is 13.7. The van der Waals surface area contributed by atoms with E-state index >= 15 is 0 Å². The van der Waals surface area contributed by atoms with Crippen molar-refractivity contribution in [2.45, 2.75) is 32.6 Å². The molecule has 1 aliphatic rings. The maximum absolute atomic E-state index is 12.0. The molecule has 3 heterocycles. The fourth-order valence-electron chi connectivity index (χ4n) is 2.99. The van der Waals surface area contributed by atoms with Crippen LogP contribution in [0.15, 0.2) is 4.63 Å². The van der Waals surface area contributed by atoms with Gasteiger partial charge in [-0.2, -0.15) is 4.68 Å². The molecule has 0 unspecified atom stereocenters.